The Morgan fingerprint density at radius 2 is 1.09 bits per heavy atom. The molecule has 0 amide bonds. The van der Waals surface area contributed by atoms with Gasteiger partial charge in [-0.3, -0.25) is 8.61 Å². The summed E-state index contributed by atoms with van der Waals surface area (Å²) in [4.78, 5) is 0.298. The number of nitrogens with zero attached hydrogens (tertiary/aromatic N) is 2. The van der Waals surface area contributed by atoms with E-state index in [1.807, 2.05) is 13.8 Å². The molecule has 7 nitrogen and oxygen atoms in total. The average molecular weight is 472 g/mol. The first kappa shape index (κ1) is 22.2. The van der Waals surface area contributed by atoms with E-state index in [9.17, 15) is 16.8 Å². The molecule has 0 atom stereocenters. The number of hydrogen-bond donors (Lipinski definition) is 1. The summed E-state index contributed by atoms with van der Waals surface area (Å²) in [6, 6.07) is 17.9. The van der Waals surface area contributed by atoms with Gasteiger partial charge in [-0.15, -0.1) is 0 Å². The van der Waals surface area contributed by atoms with E-state index in [1.165, 1.54) is 14.7 Å². The molecule has 32 heavy (non-hydrogen) atoms. The number of nitrogens with two attached hydrogens (primary N) is 1. The first-order valence-electron chi connectivity index (χ1n) is 10.2. The molecule has 3 aromatic rings. The van der Waals surface area contributed by atoms with Crippen molar-refractivity contribution in [1.29, 1.82) is 0 Å². The third-order valence-electron chi connectivity index (χ3n) is 5.48. The molecule has 0 unspecified atom stereocenters. The van der Waals surface area contributed by atoms with Gasteiger partial charge in [0.15, 0.2) is 0 Å². The highest BCUT2D eigenvalue weighted by Gasteiger charge is 2.35. The van der Waals surface area contributed by atoms with E-state index in [2.05, 4.69) is 0 Å². The molecule has 1 heterocycles. The van der Waals surface area contributed by atoms with Gasteiger partial charge in [0.05, 0.1) is 21.2 Å². The van der Waals surface area contributed by atoms with E-state index in [0.29, 0.717) is 12.1 Å². The summed E-state index contributed by atoms with van der Waals surface area (Å²) in [6.07, 6.45) is 0.324. The van der Waals surface area contributed by atoms with Crippen molar-refractivity contribution in [2.45, 2.75) is 30.1 Å². The van der Waals surface area contributed by atoms with Gasteiger partial charge in [-0.25, -0.2) is 16.8 Å². The van der Waals surface area contributed by atoms with E-state index < -0.39 is 20.0 Å². The fraction of sp³-hybridized carbons (Fsp3) is 0.217. The minimum atomic E-state index is -3.92. The van der Waals surface area contributed by atoms with Crippen LogP contribution >= 0.6 is 0 Å². The summed E-state index contributed by atoms with van der Waals surface area (Å²) in [5.74, 6) is 0. The second-order valence-corrected chi connectivity index (χ2v) is 11.6. The van der Waals surface area contributed by atoms with Crippen LogP contribution in [0.5, 0.6) is 0 Å². The van der Waals surface area contributed by atoms with Gasteiger partial charge in [-0.05, 0) is 62.7 Å². The fourth-order valence-electron chi connectivity index (χ4n) is 3.72. The number of aryl methyl sites for hydroxylation is 2. The zero-order chi connectivity index (χ0) is 23.1. The molecule has 168 valence electrons. The van der Waals surface area contributed by atoms with E-state index in [4.69, 9.17) is 5.73 Å². The maximum Gasteiger partial charge on any atom is 0.264 e. The quantitative estimate of drug-likeness (QED) is 0.585. The number of hydrogen-bond acceptors (Lipinski definition) is 5. The fourth-order valence-corrected chi connectivity index (χ4v) is 6.75. The molecule has 2 N–H and O–H groups in total. The lowest BCUT2D eigenvalue weighted by Crippen LogP contribution is -2.32. The third kappa shape index (κ3) is 3.93. The van der Waals surface area contributed by atoms with E-state index >= 15 is 0 Å². The molecular weight excluding hydrogens is 446 g/mol. The second-order valence-electron chi connectivity index (χ2n) is 7.88. The van der Waals surface area contributed by atoms with Gasteiger partial charge < -0.3 is 5.73 Å². The lowest BCUT2D eigenvalue weighted by Gasteiger charge is -2.27. The number of benzene rings is 3. The zero-order valence-electron chi connectivity index (χ0n) is 17.9. The number of anilines is 3. The van der Waals surface area contributed by atoms with Crippen LogP contribution in [-0.4, -0.2) is 29.9 Å². The van der Waals surface area contributed by atoms with Crippen molar-refractivity contribution >= 4 is 37.1 Å². The number of sulfonamides is 2. The Balaban J connectivity index is 1.85. The Labute approximate surface area is 189 Å². The smallest absolute Gasteiger partial charge is 0.264 e. The van der Waals surface area contributed by atoms with Crippen LogP contribution in [0.2, 0.25) is 0 Å². The molecule has 0 fully saturated rings. The SMILES string of the molecule is Cc1ccc(S(=O)(=O)N2CCCN(S(=O)(=O)c3ccc(C)cc3)c3cc(N)ccc32)cc1. The molecule has 0 bridgehead atoms. The van der Waals surface area contributed by atoms with Gasteiger partial charge in [0.25, 0.3) is 20.0 Å². The van der Waals surface area contributed by atoms with Crippen molar-refractivity contribution in [3.8, 4) is 0 Å². The maximum absolute atomic E-state index is 13.5. The van der Waals surface area contributed by atoms with Crippen molar-refractivity contribution in [3.63, 3.8) is 0 Å². The van der Waals surface area contributed by atoms with E-state index in [-0.39, 0.29) is 34.3 Å². The summed E-state index contributed by atoms with van der Waals surface area (Å²) in [5, 5.41) is 0. The highest BCUT2D eigenvalue weighted by atomic mass is 32.2. The van der Waals surface area contributed by atoms with Gasteiger partial charge in [-0.1, -0.05) is 35.4 Å². The highest BCUT2D eigenvalue weighted by Crippen LogP contribution is 2.39. The van der Waals surface area contributed by atoms with Gasteiger partial charge in [-0.2, -0.15) is 0 Å². The molecule has 0 aromatic heterocycles. The number of nitrogen functional groups attached to an aromatic ring is 1. The summed E-state index contributed by atoms with van der Waals surface area (Å²) in [7, 11) is -7.81. The maximum atomic E-state index is 13.5. The molecule has 0 saturated heterocycles. The molecule has 0 radical (unpaired) electrons. The Morgan fingerprint density at radius 3 is 1.56 bits per heavy atom. The summed E-state index contributed by atoms with van der Waals surface area (Å²) < 4.78 is 56.5. The van der Waals surface area contributed by atoms with Crippen LogP contribution in [-0.2, 0) is 20.0 Å². The normalized spacial score (nSPS) is 14.7. The van der Waals surface area contributed by atoms with Crippen molar-refractivity contribution in [3.05, 3.63) is 77.9 Å². The minimum absolute atomic E-state index is 0.132. The van der Waals surface area contributed by atoms with Crippen LogP contribution < -0.4 is 14.3 Å². The Morgan fingerprint density at radius 1 is 0.656 bits per heavy atom. The Kier molecular flexibility index (Phi) is 5.64. The van der Waals surface area contributed by atoms with Crippen LogP contribution in [0.15, 0.2) is 76.5 Å². The number of fused-ring (bicyclic) bond motifs is 1. The lowest BCUT2D eigenvalue weighted by molar-refractivity contribution is 0.589. The van der Waals surface area contributed by atoms with Crippen molar-refractivity contribution < 1.29 is 16.8 Å². The van der Waals surface area contributed by atoms with Crippen molar-refractivity contribution in [2.24, 2.45) is 0 Å². The van der Waals surface area contributed by atoms with Crippen LogP contribution in [0, 0.1) is 13.8 Å². The summed E-state index contributed by atoms with van der Waals surface area (Å²) in [5.41, 5.74) is 8.77. The molecule has 9 heteroatoms. The summed E-state index contributed by atoms with van der Waals surface area (Å²) >= 11 is 0. The van der Waals surface area contributed by atoms with Crippen LogP contribution in [0.25, 0.3) is 0 Å². The van der Waals surface area contributed by atoms with Gasteiger partial charge in [0.2, 0.25) is 0 Å². The molecule has 1 aliphatic rings. The molecular formula is C23H25N3O4S2. The van der Waals surface area contributed by atoms with Gasteiger partial charge in [0.1, 0.15) is 0 Å². The lowest BCUT2D eigenvalue weighted by atomic mass is 10.2. The zero-order valence-corrected chi connectivity index (χ0v) is 19.5. The van der Waals surface area contributed by atoms with E-state index in [1.54, 1.807) is 60.7 Å². The topological polar surface area (TPSA) is 101 Å². The number of rotatable bonds is 4. The van der Waals surface area contributed by atoms with Crippen LogP contribution in [0.3, 0.4) is 0 Å². The molecule has 0 saturated carbocycles. The molecule has 0 spiro atoms. The minimum Gasteiger partial charge on any atom is -0.399 e. The average Bonchev–Trinajstić information content (AvgIpc) is 2.94. The largest absolute Gasteiger partial charge is 0.399 e. The van der Waals surface area contributed by atoms with Gasteiger partial charge in [0, 0.05) is 18.8 Å². The van der Waals surface area contributed by atoms with E-state index in [0.717, 1.165) is 11.1 Å². The van der Waals surface area contributed by atoms with Crippen molar-refractivity contribution in [2.75, 3.05) is 27.4 Å². The van der Waals surface area contributed by atoms with Gasteiger partial charge >= 0.3 is 0 Å². The Bertz CT molecular complexity index is 1350. The molecule has 3 aromatic carbocycles. The van der Waals surface area contributed by atoms with Crippen LogP contribution in [0.1, 0.15) is 17.5 Å². The predicted octanol–water partition coefficient (Wildman–Crippen LogP) is 3.68. The molecule has 4 rings (SSSR count). The third-order valence-corrected chi connectivity index (χ3v) is 9.13. The first-order chi connectivity index (χ1) is 15.1. The monoisotopic (exact) mass is 471 g/mol. The summed E-state index contributed by atoms with van der Waals surface area (Å²) in [6.45, 7) is 4.04. The van der Waals surface area contributed by atoms with Crippen LogP contribution in [0.4, 0.5) is 17.1 Å². The standard InChI is InChI=1S/C23H25N3O4S2/c1-17-4-9-20(10-5-17)31(27,28)25-14-3-15-26(23-16-19(24)8-13-22(23)25)32(29,30)21-11-6-18(2)7-12-21/h4-13,16H,3,14-15,24H2,1-2H3. The Hall–Kier alpha value is -3.04. The highest BCUT2D eigenvalue weighted by molar-refractivity contribution is 7.93. The predicted molar refractivity (Wildman–Crippen MR) is 127 cm³/mol. The first-order valence-corrected chi connectivity index (χ1v) is 13.1. The second kappa shape index (κ2) is 8.14. The van der Waals surface area contributed by atoms with Crippen molar-refractivity contribution in [1.82, 2.24) is 0 Å². The molecule has 0 aliphatic carbocycles. The molecule has 1 aliphatic heterocycles.